The molecule has 3 aromatic rings. The molecular formula is C21H20F3N4O2+. The number of pyridine rings is 1. The molecule has 0 spiro atoms. The highest BCUT2D eigenvalue weighted by Crippen LogP contribution is 2.34. The molecular weight excluding hydrogens is 397 g/mol. The van der Waals surface area contributed by atoms with Gasteiger partial charge in [-0.25, -0.2) is 4.98 Å². The van der Waals surface area contributed by atoms with Crippen molar-refractivity contribution in [3.8, 4) is 11.3 Å². The van der Waals surface area contributed by atoms with Crippen molar-refractivity contribution in [2.45, 2.75) is 13.1 Å². The molecule has 1 saturated heterocycles. The minimum Gasteiger partial charge on any atom is -0.360 e. The first kappa shape index (κ1) is 19.9. The number of halogens is 3. The number of H-pyrrole nitrogens is 1. The zero-order chi connectivity index (χ0) is 21.3. The zero-order valence-electron chi connectivity index (χ0n) is 16.2. The van der Waals surface area contributed by atoms with Crippen molar-refractivity contribution in [1.82, 2.24) is 10.1 Å². The number of hydrogen-bond donors (Lipinski definition) is 0. The molecule has 156 valence electrons. The number of carbonyl (C=O) groups excluding carboxylic acids is 1. The first-order valence-electron chi connectivity index (χ1n) is 9.50. The van der Waals surface area contributed by atoms with E-state index in [0.717, 1.165) is 11.6 Å². The lowest BCUT2D eigenvalue weighted by Crippen LogP contribution is -2.50. The number of anilines is 1. The van der Waals surface area contributed by atoms with Crippen LogP contribution in [0, 0.1) is 6.92 Å². The third-order valence-electron chi connectivity index (χ3n) is 5.15. The van der Waals surface area contributed by atoms with E-state index in [1.807, 2.05) is 30.3 Å². The van der Waals surface area contributed by atoms with E-state index in [1.54, 1.807) is 16.7 Å². The summed E-state index contributed by atoms with van der Waals surface area (Å²) in [6, 6.07) is 11.6. The Morgan fingerprint density at radius 1 is 1.07 bits per heavy atom. The van der Waals surface area contributed by atoms with Crippen molar-refractivity contribution in [3.05, 3.63) is 65.5 Å². The fourth-order valence-corrected chi connectivity index (χ4v) is 3.63. The van der Waals surface area contributed by atoms with Gasteiger partial charge in [-0.2, -0.15) is 13.2 Å². The van der Waals surface area contributed by atoms with E-state index >= 15 is 0 Å². The lowest BCUT2D eigenvalue weighted by Gasteiger charge is -2.31. The monoisotopic (exact) mass is 417 g/mol. The van der Waals surface area contributed by atoms with Gasteiger partial charge in [0.25, 0.3) is 11.7 Å². The van der Waals surface area contributed by atoms with Crippen molar-refractivity contribution in [1.29, 1.82) is 0 Å². The number of benzene rings is 1. The highest BCUT2D eigenvalue weighted by Gasteiger charge is 2.40. The molecule has 3 heterocycles. The third-order valence-corrected chi connectivity index (χ3v) is 5.15. The van der Waals surface area contributed by atoms with Gasteiger partial charge >= 0.3 is 6.18 Å². The smallest absolute Gasteiger partial charge is 0.360 e. The number of aromatic amines is 1. The van der Waals surface area contributed by atoms with Crippen LogP contribution in [0.4, 0.5) is 19.0 Å². The molecule has 30 heavy (non-hydrogen) atoms. The average molecular weight is 417 g/mol. The fourth-order valence-electron chi connectivity index (χ4n) is 3.63. The van der Waals surface area contributed by atoms with E-state index < -0.39 is 11.7 Å². The van der Waals surface area contributed by atoms with Crippen LogP contribution in [-0.2, 0) is 6.18 Å². The summed E-state index contributed by atoms with van der Waals surface area (Å²) in [6.07, 6.45) is -2.99. The molecule has 9 heteroatoms. The van der Waals surface area contributed by atoms with Crippen molar-refractivity contribution in [2.75, 3.05) is 31.1 Å². The Hall–Kier alpha value is -3.36. The number of aromatic nitrogens is 2. The van der Waals surface area contributed by atoms with Gasteiger partial charge in [0.15, 0.2) is 0 Å². The predicted octanol–water partition coefficient (Wildman–Crippen LogP) is 3.45. The van der Waals surface area contributed by atoms with Crippen LogP contribution in [0.1, 0.15) is 21.7 Å². The SMILES string of the molecule is Cc1onc(-c2ccccc2)c1C(=O)N1CCN(c2[nH+]cccc2C(F)(F)F)CC1. The van der Waals surface area contributed by atoms with Gasteiger partial charge in [-0.1, -0.05) is 35.5 Å². The highest BCUT2D eigenvalue weighted by atomic mass is 19.4. The molecule has 0 atom stereocenters. The number of nitrogens with zero attached hydrogens (tertiary/aromatic N) is 3. The van der Waals surface area contributed by atoms with Crippen LogP contribution in [0.3, 0.4) is 0 Å². The molecule has 1 aliphatic heterocycles. The molecule has 4 rings (SSSR count). The second-order valence-corrected chi connectivity index (χ2v) is 7.04. The average Bonchev–Trinajstić information content (AvgIpc) is 3.15. The Kier molecular flexibility index (Phi) is 5.19. The minimum absolute atomic E-state index is 0.0169. The first-order chi connectivity index (χ1) is 14.4. The summed E-state index contributed by atoms with van der Waals surface area (Å²) >= 11 is 0. The van der Waals surface area contributed by atoms with Crippen LogP contribution in [0.2, 0.25) is 0 Å². The number of carbonyl (C=O) groups is 1. The van der Waals surface area contributed by atoms with E-state index in [0.29, 0.717) is 17.0 Å². The largest absolute Gasteiger partial charge is 0.424 e. The number of nitrogens with one attached hydrogen (secondary N) is 1. The maximum atomic E-state index is 13.3. The first-order valence-corrected chi connectivity index (χ1v) is 9.50. The van der Waals surface area contributed by atoms with Crippen LogP contribution < -0.4 is 9.88 Å². The molecule has 6 nitrogen and oxygen atoms in total. The maximum Gasteiger partial charge on any atom is 0.424 e. The highest BCUT2D eigenvalue weighted by molar-refractivity contribution is 6.00. The van der Waals surface area contributed by atoms with Gasteiger partial charge in [0.2, 0.25) is 0 Å². The number of hydrogen-bond acceptors (Lipinski definition) is 4. The quantitative estimate of drug-likeness (QED) is 0.655. The second kappa shape index (κ2) is 7.81. The Morgan fingerprint density at radius 3 is 2.43 bits per heavy atom. The fraction of sp³-hybridized carbons (Fsp3) is 0.286. The summed E-state index contributed by atoms with van der Waals surface area (Å²) < 4.78 is 45.2. The lowest BCUT2D eigenvalue weighted by atomic mass is 10.0. The van der Waals surface area contributed by atoms with Gasteiger partial charge in [0, 0.05) is 5.56 Å². The molecule has 0 aliphatic carbocycles. The summed E-state index contributed by atoms with van der Waals surface area (Å²) in [5.74, 6) is 0.195. The van der Waals surface area contributed by atoms with Crippen LogP contribution in [0.5, 0.6) is 0 Å². The Labute approximate surface area is 170 Å². The predicted molar refractivity (Wildman–Crippen MR) is 103 cm³/mol. The summed E-state index contributed by atoms with van der Waals surface area (Å²) in [6.45, 7) is 2.81. The molecule has 0 unspecified atom stereocenters. The van der Waals surface area contributed by atoms with Crippen molar-refractivity contribution in [3.63, 3.8) is 0 Å². The van der Waals surface area contributed by atoms with Gasteiger partial charge in [-0.15, -0.1) is 0 Å². The van der Waals surface area contributed by atoms with E-state index in [-0.39, 0.29) is 37.9 Å². The summed E-state index contributed by atoms with van der Waals surface area (Å²) in [7, 11) is 0. The molecule has 0 radical (unpaired) electrons. The van der Waals surface area contributed by atoms with Crippen LogP contribution in [-0.4, -0.2) is 42.1 Å². The van der Waals surface area contributed by atoms with Crippen LogP contribution in [0.15, 0.2) is 53.2 Å². The van der Waals surface area contributed by atoms with Gasteiger partial charge in [-0.05, 0) is 19.1 Å². The molecule has 0 saturated carbocycles. The number of rotatable bonds is 3. The third kappa shape index (κ3) is 3.74. The number of alkyl halides is 3. The summed E-state index contributed by atoms with van der Waals surface area (Å²) in [5, 5.41) is 4.04. The van der Waals surface area contributed by atoms with Crippen molar-refractivity contribution in [2.24, 2.45) is 0 Å². The Balaban J connectivity index is 1.53. The molecule has 1 N–H and O–H groups in total. The summed E-state index contributed by atoms with van der Waals surface area (Å²) in [4.78, 5) is 19.1. The molecule has 1 aromatic carbocycles. The van der Waals surface area contributed by atoms with Gasteiger partial charge < -0.3 is 9.42 Å². The topological polar surface area (TPSA) is 63.7 Å². The summed E-state index contributed by atoms with van der Waals surface area (Å²) in [5.41, 5.74) is 0.907. The van der Waals surface area contributed by atoms with Crippen molar-refractivity contribution >= 4 is 11.7 Å². The van der Waals surface area contributed by atoms with E-state index in [2.05, 4.69) is 10.1 Å². The van der Waals surface area contributed by atoms with Gasteiger partial charge in [0.05, 0.1) is 19.3 Å². The molecule has 2 aromatic heterocycles. The number of amides is 1. The second-order valence-electron chi connectivity index (χ2n) is 7.04. The zero-order valence-corrected chi connectivity index (χ0v) is 16.2. The normalized spacial score (nSPS) is 14.8. The van der Waals surface area contributed by atoms with E-state index in [9.17, 15) is 18.0 Å². The lowest BCUT2D eigenvalue weighted by molar-refractivity contribution is -0.367. The molecule has 1 aliphatic rings. The molecule has 1 fully saturated rings. The maximum absolute atomic E-state index is 13.3. The standard InChI is InChI=1S/C21H19F3N4O2/c1-14-17(18(26-30-14)15-6-3-2-4-7-15)20(29)28-12-10-27(11-13-28)19-16(21(22,23)24)8-5-9-25-19/h2-9H,10-13H2,1H3/p+1. The van der Waals surface area contributed by atoms with Gasteiger partial charge in [0.1, 0.15) is 35.7 Å². The van der Waals surface area contributed by atoms with Crippen molar-refractivity contribution < 1.29 is 27.5 Å². The molecule has 0 bridgehead atoms. The van der Waals surface area contributed by atoms with E-state index in [4.69, 9.17) is 4.52 Å². The van der Waals surface area contributed by atoms with E-state index in [1.165, 1.54) is 12.3 Å². The van der Waals surface area contributed by atoms with Crippen LogP contribution >= 0.6 is 0 Å². The number of aryl methyl sites for hydroxylation is 1. The number of piperazine rings is 1. The minimum atomic E-state index is -4.45. The Bertz CT molecular complexity index is 1040. The Morgan fingerprint density at radius 2 is 1.77 bits per heavy atom. The van der Waals surface area contributed by atoms with Crippen LogP contribution in [0.25, 0.3) is 11.3 Å². The molecule has 1 amide bonds. The van der Waals surface area contributed by atoms with Gasteiger partial charge in [-0.3, -0.25) is 9.69 Å².